The Balaban J connectivity index is 1.98. The SMILES string of the molecule is Cc1cc(OCCCNCC(C)C)n[nH]1. The summed E-state index contributed by atoms with van der Waals surface area (Å²) in [6, 6.07) is 1.90. The summed E-state index contributed by atoms with van der Waals surface area (Å²) >= 11 is 0. The van der Waals surface area contributed by atoms with Crippen molar-refractivity contribution in [2.24, 2.45) is 5.92 Å². The number of rotatable bonds is 7. The first kappa shape index (κ1) is 12.0. The second kappa shape index (κ2) is 6.45. The summed E-state index contributed by atoms with van der Waals surface area (Å²) < 4.78 is 5.45. The van der Waals surface area contributed by atoms with Crippen LogP contribution in [-0.4, -0.2) is 29.9 Å². The van der Waals surface area contributed by atoms with Gasteiger partial charge in [0, 0.05) is 11.8 Å². The molecule has 0 unspecified atom stereocenters. The fraction of sp³-hybridized carbons (Fsp3) is 0.727. The van der Waals surface area contributed by atoms with Crippen LogP contribution in [0.1, 0.15) is 26.0 Å². The van der Waals surface area contributed by atoms with Crippen LogP contribution in [0.5, 0.6) is 5.88 Å². The minimum Gasteiger partial charge on any atom is -0.477 e. The lowest BCUT2D eigenvalue weighted by atomic mass is 10.2. The van der Waals surface area contributed by atoms with Crippen molar-refractivity contribution < 1.29 is 4.74 Å². The van der Waals surface area contributed by atoms with E-state index in [2.05, 4.69) is 29.4 Å². The maximum atomic E-state index is 5.45. The molecule has 0 aliphatic heterocycles. The quantitative estimate of drug-likeness (QED) is 0.675. The lowest BCUT2D eigenvalue weighted by Gasteiger charge is -2.07. The number of nitrogens with zero attached hydrogens (tertiary/aromatic N) is 1. The predicted octanol–water partition coefficient (Wildman–Crippen LogP) is 1.73. The lowest BCUT2D eigenvalue weighted by molar-refractivity contribution is 0.295. The first-order valence-corrected chi connectivity index (χ1v) is 5.54. The van der Waals surface area contributed by atoms with Crippen LogP contribution in [0.25, 0.3) is 0 Å². The Morgan fingerprint density at radius 3 is 2.93 bits per heavy atom. The number of aryl methyl sites for hydroxylation is 1. The topological polar surface area (TPSA) is 49.9 Å². The van der Waals surface area contributed by atoms with Crippen molar-refractivity contribution in [2.75, 3.05) is 19.7 Å². The van der Waals surface area contributed by atoms with Gasteiger partial charge in [-0.15, -0.1) is 5.10 Å². The van der Waals surface area contributed by atoms with Crippen molar-refractivity contribution in [1.29, 1.82) is 0 Å². The Morgan fingerprint density at radius 2 is 2.33 bits per heavy atom. The van der Waals surface area contributed by atoms with E-state index in [9.17, 15) is 0 Å². The Morgan fingerprint density at radius 1 is 1.53 bits per heavy atom. The van der Waals surface area contributed by atoms with Crippen molar-refractivity contribution in [3.63, 3.8) is 0 Å². The minimum absolute atomic E-state index is 0.691. The van der Waals surface area contributed by atoms with E-state index in [1.54, 1.807) is 0 Å². The number of H-pyrrole nitrogens is 1. The Labute approximate surface area is 91.4 Å². The molecule has 1 aromatic heterocycles. The van der Waals surface area contributed by atoms with Gasteiger partial charge in [-0.1, -0.05) is 13.8 Å². The first-order valence-electron chi connectivity index (χ1n) is 5.54. The largest absolute Gasteiger partial charge is 0.477 e. The zero-order chi connectivity index (χ0) is 11.1. The molecule has 4 heteroatoms. The molecule has 0 spiro atoms. The molecule has 0 saturated heterocycles. The molecule has 1 heterocycles. The summed E-state index contributed by atoms with van der Waals surface area (Å²) in [5.41, 5.74) is 1.03. The molecule has 0 atom stereocenters. The maximum absolute atomic E-state index is 5.45. The monoisotopic (exact) mass is 211 g/mol. The summed E-state index contributed by atoms with van der Waals surface area (Å²) in [6.07, 6.45) is 1.01. The third-order valence-corrected chi connectivity index (χ3v) is 1.98. The summed E-state index contributed by atoms with van der Waals surface area (Å²) in [5.74, 6) is 1.40. The van der Waals surface area contributed by atoms with Gasteiger partial charge in [-0.3, -0.25) is 5.10 Å². The van der Waals surface area contributed by atoms with Gasteiger partial charge < -0.3 is 10.1 Å². The van der Waals surface area contributed by atoms with E-state index >= 15 is 0 Å². The predicted molar refractivity (Wildman–Crippen MR) is 61.1 cm³/mol. The van der Waals surface area contributed by atoms with Crippen molar-refractivity contribution in [2.45, 2.75) is 27.2 Å². The molecule has 0 aromatic carbocycles. The molecule has 0 fully saturated rings. The second-order valence-corrected chi connectivity index (χ2v) is 4.19. The van der Waals surface area contributed by atoms with Gasteiger partial charge in [-0.2, -0.15) is 0 Å². The summed E-state index contributed by atoms with van der Waals surface area (Å²) in [4.78, 5) is 0. The van der Waals surface area contributed by atoms with Crippen LogP contribution >= 0.6 is 0 Å². The van der Waals surface area contributed by atoms with E-state index in [4.69, 9.17) is 4.74 Å². The van der Waals surface area contributed by atoms with Crippen LogP contribution in [0.2, 0.25) is 0 Å². The fourth-order valence-corrected chi connectivity index (χ4v) is 1.23. The summed E-state index contributed by atoms with van der Waals surface area (Å²) in [5, 5.41) is 10.2. The third kappa shape index (κ3) is 5.42. The molecule has 15 heavy (non-hydrogen) atoms. The minimum atomic E-state index is 0.691. The Bertz CT molecular complexity index is 271. The van der Waals surface area contributed by atoms with Gasteiger partial charge in [0.15, 0.2) is 0 Å². The van der Waals surface area contributed by atoms with E-state index in [1.807, 2.05) is 13.0 Å². The number of nitrogens with one attached hydrogen (secondary N) is 2. The summed E-state index contributed by atoms with van der Waals surface area (Å²) in [7, 11) is 0. The zero-order valence-electron chi connectivity index (χ0n) is 9.84. The molecular formula is C11H21N3O. The van der Waals surface area contributed by atoms with Gasteiger partial charge >= 0.3 is 0 Å². The number of hydrogen-bond donors (Lipinski definition) is 2. The van der Waals surface area contributed by atoms with Crippen molar-refractivity contribution >= 4 is 0 Å². The van der Waals surface area contributed by atoms with Crippen LogP contribution in [0.3, 0.4) is 0 Å². The van der Waals surface area contributed by atoms with Gasteiger partial charge in [-0.05, 0) is 32.4 Å². The van der Waals surface area contributed by atoms with E-state index in [1.165, 1.54) is 0 Å². The highest BCUT2D eigenvalue weighted by molar-refractivity contribution is 5.11. The molecule has 0 aliphatic rings. The standard InChI is InChI=1S/C11H21N3O/c1-9(2)8-12-5-4-6-15-11-7-10(3)13-14-11/h7,9,12H,4-6,8H2,1-3H3,(H,13,14). The summed E-state index contributed by atoms with van der Waals surface area (Å²) in [6.45, 7) is 9.16. The average molecular weight is 211 g/mol. The van der Waals surface area contributed by atoms with Crippen molar-refractivity contribution in [3.05, 3.63) is 11.8 Å². The zero-order valence-corrected chi connectivity index (χ0v) is 9.84. The van der Waals surface area contributed by atoms with Crippen LogP contribution in [0, 0.1) is 12.8 Å². The highest BCUT2D eigenvalue weighted by atomic mass is 16.5. The molecule has 0 aliphatic carbocycles. The van der Waals surface area contributed by atoms with E-state index in [0.717, 1.165) is 31.8 Å². The van der Waals surface area contributed by atoms with Crippen molar-refractivity contribution in [1.82, 2.24) is 15.5 Å². The average Bonchev–Trinajstić information content (AvgIpc) is 2.57. The number of aromatic nitrogens is 2. The molecule has 1 aromatic rings. The van der Waals surface area contributed by atoms with Crippen LogP contribution < -0.4 is 10.1 Å². The van der Waals surface area contributed by atoms with E-state index < -0.39 is 0 Å². The molecule has 0 bridgehead atoms. The van der Waals surface area contributed by atoms with Gasteiger partial charge in [0.25, 0.3) is 0 Å². The molecule has 0 saturated carbocycles. The van der Waals surface area contributed by atoms with E-state index in [0.29, 0.717) is 11.8 Å². The van der Waals surface area contributed by atoms with Gasteiger partial charge in [-0.25, -0.2) is 0 Å². The van der Waals surface area contributed by atoms with Gasteiger partial charge in [0.05, 0.1) is 6.61 Å². The lowest BCUT2D eigenvalue weighted by Crippen LogP contribution is -2.22. The van der Waals surface area contributed by atoms with Gasteiger partial charge in [0.2, 0.25) is 5.88 Å². The molecule has 0 amide bonds. The highest BCUT2D eigenvalue weighted by Crippen LogP contribution is 2.06. The van der Waals surface area contributed by atoms with Crippen LogP contribution in [0.4, 0.5) is 0 Å². The molecular weight excluding hydrogens is 190 g/mol. The Kier molecular flexibility index (Phi) is 5.18. The second-order valence-electron chi connectivity index (χ2n) is 4.19. The molecule has 86 valence electrons. The number of ether oxygens (including phenoxy) is 1. The first-order chi connectivity index (χ1) is 7.18. The molecule has 4 nitrogen and oxygen atoms in total. The third-order valence-electron chi connectivity index (χ3n) is 1.98. The highest BCUT2D eigenvalue weighted by Gasteiger charge is 1.97. The van der Waals surface area contributed by atoms with Crippen molar-refractivity contribution in [3.8, 4) is 5.88 Å². The fourth-order valence-electron chi connectivity index (χ4n) is 1.23. The van der Waals surface area contributed by atoms with Gasteiger partial charge in [0.1, 0.15) is 0 Å². The normalized spacial score (nSPS) is 10.9. The van der Waals surface area contributed by atoms with Crippen LogP contribution in [0.15, 0.2) is 6.07 Å². The molecule has 1 rings (SSSR count). The number of hydrogen-bond acceptors (Lipinski definition) is 3. The van der Waals surface area contributed by atoms with Crippen LogP contribution in [-0.2, 0) is 0 Å². The Hall–Kier alpha value is -1.03. The number of aromatic amines is 1. The molecule has 0 radical (unpaired) electrons. The molecule has 2 N–H and O–H groups in total. The van der Waals surface area contributed by atoms with E-state index in [-0.39, 0.29) is 0 Å². The smallest absolute Gasteiger partial charge is 0.232 e. The maximum Gasteiger partial charge on any atom is 0.232 e.